The number of hydrogen-bond donors (Lipinski definition) is 1. The largest absolute Gasteiger partial charge is 0.350 e. The standard InChI is InChI=1S/C22H20N4OS2/c1-16-12-13-19(29-16)14-23-20(27)15-28-22-25-24-21(17-8-4-2-5-9-17)26(22)18-10-6-3-7-11-18/h2-13H,14-15H2,1H3,(H,23,27). The number of amides is 1. The molecular weight excluding hydrogens is 400 g/mol. The first-order valence-corrected chi connectivity index (χ1v) is 11.0. The van der Waals surface area contributed by atoms with Crippen molar-refractivity contribution in [3.8, 4) is 17.1 Å². The van der Waals surface area contributed by atoms with Crippen molar-refractivity contribution in [3.63, 3.8) is 0 Å². The number of thioether (sulfide) groups is 1. The van der Waals surface area contributed by atoms with E-state index < -0.39 is 0 Å². The SMILES string of the molecule is Cc1ccc(CNC(=O)CSc2nnc(-c3ccccc3)n2-c2ccccc2)s1. The van der Waals surface area contributed by atoms with E-state index >= 15 is 0 Å². The molecule has 0 radical (unpaired) electrons. The molecule has 7 heteroatoms. The second-order valence-corrected chi connectivity index (χ2v) is 8.74. The average Bonchev–Trinajstić information content (AvgIpc) is 3.38. The number of thiophene rings is 1. The van der Waals surface area contributed by atoms with Crippen LogP contribution in [0.25, 0.3) is 17.1 Å². The molecule has 146 valence electrons. The van der Waals surface area contributed by atoms with E-state index in [0.29, 0.717) is 11.7 Å². The number of para-hydroxylation sites is 1. The first kappa shape index (κ1) is 19.4. The minimum Gasteiger partial charge on any atom is -0.350 e. The molecule has 2 aromatic heterocycles. The molecule has 2 heterocycles. The Labute approximate surface area is 177 Å². The minimum absolute atomic E-state index is 0.0232. The van der Waals surface area contributed by atoms with Gasteiger partial charge < -0.3 is 5.32 Å². The molecule has 0 atom stereocenters. The van der Waals surface area contributed by atoms with E-state index in [4.69, 9.17) is 0 Å². The van der Waals surface area contributed by atoms with E-state index in [1.165, 1.54) is 16.6 Å². The Morgan fingerprint density at radius 3 is 2.41 bits per heavy atom. The van der Waals surface area contributed by atoms with Gasteiger partial charge in [0.2, 0.25) is 5.91 Å². The van der Waals surface area contributed by atoms with Crippen LogP contribution in [0.1, 0.15) is 9.75 Å². The van der Waals surface area contributed by atoms with Gasteiger partial charge in [-0.05, 0) is 31.2 Å². The first-order valence-electron chi connectivity index (χ1n) is 9.22. The van der Waals surface area contributed by atoms with Crippen LogP contribution in [0.15, 0.2) is 78.0 Å². The number of nitrogens with zero attached hydrogens (tertiary/aromatic N) is 3. The lowest BCUT2D eigenvalue weighted by Crippen LogP contribution is -2.24. The minimum atomic E-state index is -0.0232. The highest BCUT2D eigenvalue weighted by Crippen LogP contribution is 2.27. The summed E-state index contributed by atoms with van der Waals surface area (Å²) in [5.41, 5.74) is 1.95. The molecule has 0 aliphatic carbocycles. The predicted molar refractivity (Wildman–Crippen MR) is 118 cm³/mol. The van der Waals surface area contributed by atoms with Crippen molar-refractivity contribution in [2.75, 3.05) is 5.75 Å². The highest BCUT2D eigenvalue weighted by Gasteiger charge is 2.17. The van der Waals surface area contributed by atoms with Crippen LogP contribution < -0.4 is 5.32 Å². The molecule has 5 nitrogen and oxygen atoms in total. The van der Waals surface area contributed by atoms with Crippen LogP contribution >= 0.6 is 23.1 Å². The topological polar surface area (TPSA) is 59.8 Å². The number of carbonyl (C=O) groups is 1. The van der Waals surface area contributed by atoms with Gasteiger partial charge in [0.05, 0.1) is 12.3 Å². The van der Waals surface area contributed by atoms with Gasteiger partial charge in [0.25, 0.3) is 0 Å². The smallest absolute Gasteiger partial charge is 0.230 e. The van der Waals surface area contributed by atoms with Crippen molar-refractivity contribution < 1.29 is 4.79 Å². The van der Waals surface area contributed by atoms with Crippen LogP contribution in [0.3, 0.4) is 0 Å². The number of hydrogen-bond acceptors (Lipinski definition) is 5. The van der Waals surface area contributed by atoms with E-state index in [0.717, 1.165) is 22.0 Å². The van der Waals surface area contributed by atoms with E-state index in [9.17, 15) is 4.79 Å². The van der Waals surface area contributed by atoms with Gasteiger partial charge in [0, 0.05) is 21.0 Å². The van der Waals surface area contributed by atoms with Crippen LogP contribution in [0.2, 0.25) is 0 Å². The second kappa shape index (κ2) is 9.07. The number of aromatic nitrogens is 3. The van der Waals surface area contributed by atoms with Gasteiger partial charge in [-0.25, -0.2) is 0 Å². The van der Waals surface area contributed by atoms with Gasteiger partial charge in [-0.3, -0.25) is 9.36 Å². The fourth-order valence-corrected chi connectivity index (χ4v) is 4.51. The van der Waals surface area contributed by atoms with Gasteiger partial charge >= 0.3 is 0 Å². The molecule has 0 fully saturated rings. The van der Waals surface area contributed by atoms with Gasteiger partial charge in [0.15, 0.2) is 11.0 Å². The van der Waals surface area contributed by atoms with Crippen molar-refractivity contribution in [3.05, 3.63) is 82.6 Å². The Bertz CT molecular complexity index is 1090. The van der Waals surface area contributed by atoms with E-state index in [1.54, 1.807) is 11.3 Å². The summed E-state index contributed by atoms with van der Waals surface area (Å²) >= 11 is 3.08. The summed E-state index contributed by atoms with van der Waals surface area (Å²) in [5.74, 6) is 1.02. The highest BCUT2D eigenvalue weighted by molar-refractivity contribution is 7.99. The molecule has 0 spiro atoms. The number of carbonyl (C=O) groups excluding carboxylic acids is 1. The molecule has 0 saturated carbocycles. The Hall–Kier alpha value is -2.90. The lowest BCUT2D eigenvalue weighted by atomic mass is 10.2. The zero-order valence-electron chi connectivity index (χ0n) is 15.9. The monoisotopic (exact) mass is 420 g/mol. The Balaban J connectivity index is 1.51. The maximum Gasteiger partial charge on any atom is 0.230 e. The van der Waals surface area contributed by atoms with Gasteiger partial charge in [-0.1, -0.05) is 60.3 Å². The van der Waals surface area contributed by atoms with Crippen molar-refractivity contribution in [2.45, 2.75) is 18.6 Å². The summed E-state index contributed by atoms with van der Waals surface area (Å²) in [6.07, 6.45) is 0. The van der Waals surface area contributed by atoms with Crippen molar-refractivity contribution in [1.82, 2.24) is 20.1 Å². The number of benzene rings is 2. The third-order valence-electron chi connectivity index (χ3n) is 4.27. The summed E-state index contributed by atoms with van der Waals surface area (Å²) in [6, 6.07) is 24.0. The fraction of sp³-hybridized carbons (Fsp3) is 0.136. The summed E-state index contributed by atoms with van der Waals surface area (Å²) in [5, 5.41) is 12.4. The molecular formula is C22H20N4OS2. The first-order chi connectivity index (χ1) is 14.2. The van der Waals surface area contributed by atoms with E-state index in [1.807, 2.05) is 71.3 Å². The van der Waals surface area contributed by atoms with Gasteiger partial charge in [-0.2, -0.15) is 0 Å². The Kier molecular flexibility index (Phi) is 6.07. The molecule has 0 unspecified atom stereocenters. The van der Waals surface area contributed by atoms with Crippen LogP contribution in [-0.2, 0) is 11.3 Å². The van der Waals surface area contributed by atoms with Crippen LogP contribution in [0.5, 0.6) is 0 Å². The fourth-order valence-electron chi connectivity index (χ4n) is 2.89. The molecule has 0 aliphatic heterocycles. The van der Waals surface area contributed by atoms with E-state index in [2.05, 4.69) is 28.5 Å². The average molecular weight is 421 g/mol. The van der Waals surface area contributed by atoms with Crippen LogP contribution in [0, 0.1) is 6.92 Å². The molecule has 4 aromatic rings. The summed E-state index contributed by atoms with van der Waals surface area (Å²) in [4.78, 5) is 14.7. The van der Waals surface area contributed by atoms with Crippen LogP contribution in [0.4, 0.5) is 0 Å². The van der Waals surface area contributed by atoms with Gasteiger partial charge in [0.1, 0.15) is 0 Å². The Morgan fingerprint density at radius 1 is 1.00 bits per heavy atom. The normalized spacial score (nSPS) is 10.8. The molecule has 0 saturated heterocycles. The number of nitrogens with one attached hydrogen (secondary N) is 1. The third kappa shape index (κ3) is 4.75. The quantitative estimate of drug-likeness (QED) is 0.440. The lowest BCUT2D eigenvalue weighted by molar-refractivity contribution is -0.118. The summed E-state index contributed by atoms with van der Waals surface area (Å²) < 4.78 is 2.00. The predicted octanol–water partition coefficient (Wildman–Crippen LogP) is 4.71. The van der Waals surface area contributed by atoms with Gasteiger partial charge in [-0.15, -0.1) is 21.5 Å². The van der Waals surface area contributed by atoms with Crippen molar-refractivity contribution in [1.29, 1.82) is 0 Å². The maximum absolute atomic E-state index is 12.3. The summed E-state index contributed by atoms with van der Waals surface area (Å²) in [6.45, 7) is 2.62. The third-order valence-corrected chi connectivity index (χ3v) is 6.20. The molecule has 1 amide bonds. The molecule has 29 heavy (non-hydrogen) atoms. The number of rotatable bonds is 7. The molecule has 2 aromatic carbocycles. The highest BCUT2D eigenvalue weighted by atomic mass is 32.2. The van der Waals surface area contributed by atoms with Crippen molar-refractivity contribution in [2.24, 2.45) is 0 Å². The molecule has 1 N–H and O–H groups in total. The zero-order valence-corrected chi connectivity index (χ0v) is 17.5. The molecule has 4 rings (SSSR count). The lowest BCUT2D eigenvalue weighted by Gasteiger charge is -2.10. The molecule has 0 bridgehead atoms. The second-order valence-electron chi connectivity index (χ2n) is 6.42. The molecule has 0 aliphatic rings. The Morgan fingerprint density at radius 2 is 1.72 bits per heavy atom. The maximum atomic E-state index is 12.3. The van der Waals surface area contributed by atoms with Crippen LogP contribution in [-0.4, -0.2) is 26.4 Å². The zero-order chi connectivity index (χ0) is 20.1. The van der Waals surface area contributed by atoms with Crippen molar-refractivity contribution >= 4 is 29.0 Å². The number of aryl methyl sites for hydroxylation is 1. The van der Waals surface area contributed by atoms with E-state index in [-0.39, 0.29) is 11.7 Å². The summed E-state index contributed by atoms with van der Waals surface area (Å²) in [7, 11) is 0.